The van der Waals surface area contributed by atoms with Crippen molar-refractivity contribution in [3.63, 3.8) is 0 Å². The zero-order valence-electron chi connectivity index (χ0n) is 12.2. The third kappa shape index (κ3) is 3.36. The minimum atomic E-state index is -0.0266. The van der Waals surface area contributed by atoms with E-state index >= 15 is 0 Å². The fraction of sp³-hybridized carbons (Fsp3) is 0.438. The lowest BCUT2D eigenvalue weighted by Crippen LogP contribution is -2.24. The SMILES string of the molecule is Cc1cc(NC[C@H]2CCCO2)cc(=O)n1Cc1ccco1. The van der Waals surface area contributed by atoms with Gasteiger partial charge in [-0.25, -0.2) is 0 Å². The molecule has 1 aliphatic heterocycles. The molecule has 5 heteroatoms. The van der Waals surface area contributed by atoms with Gasteiger partial charge in [0.05, 0.1) is 18.9 Å². The maximum Gasteiger partial charge on any atom is 0.253 e. The lowest BCUT2D eigenvalue weighted by atomic mass is 10.2. The molecular formula is C16H20N2O3. The minimum Gasteiger partial charge on any atom is -0.467 e. The van der Waals surface area contributed by atoms with E-state index in [9.17, 15) is 4.79 Å². The molecule has 0 bridgehead atoms. The first kappa shape index (κ1) is 13.9. The molecule has 1 N–H and O–H groups in total. The van der Waals surface area contributed by atoms with Gasteiger partial charge in [-0.05, 0) is 38.0 Å². The monoisotopic (exact) mass is 288 g/mol. The quantitative estimate of drug-likeness (QED) is 0.918. The van der Waals surface area contributed by atoms with E-state index in [0.717, 1.165) is 43.1 Å². The molecule has 0 aromatic carbocycles. The van der Waals surface area contributed by atoms with E-state index < -0.39 is 0 Å². The van der Waals surface area contributed by atoms with Crippen LogP contribution in [0.2, 0.25) is 0 Å². The molecule has 1 saturated heterocycles. The number of ether oxygens (including phenoxy) is 1. The fourth-order valence-electron chi connectivity index (χ4n) is 2.63. The van der Waals surface area contributed by atoms with Crippen molar-refractivity contribution in [3.05, 3.63) is 52.3 Å². The van der Waals surface area contributed by atoms with Gasteiger partial charge >= 0.3 is 0 Å². The molecule has 2 aromatic rings. The highest BCUT2D eigenvalue weighted by molar-refractivity contribution is 5.43. The Balaban J connectivity index is 1.71. The normalized spacial score (nSPS) is 18.0. The number of anilines is 1. The van der Waals surface area contributed by atoms with Gasteiger partial charge in [0.2, 0.25) is 0 Å². The average molecular weight is 288 g/mol. The summed E-state index contributed by atoms with van der Waals surface area (Å²) in [4.78, 5) is 12.2. The average Bonchev–Trinajstić information content (AvgIpc) is 3.14. The first-order valence-corrected chi connectivity index (χ1v) is 7.32. The maximum absolute atomic E-state index is 12.2. The Bertz CT molecular complexity index is 640. The van der Waals surface area contributed by atoms with Gasteiger partial charge in [0.15, 0.2) is 0 Å². The summed E-state index contributed by atoms with van der Waals surface area (Å²) in [6, 6.07) is 7.31. The predicted molar refractivity (Wildman–Crippen MR) is 80.7 cm³/mol. The van der Waals surface area contributed by atoms with Crippen LogP contribution < -0.4 is 10.9 Å². The minimum absolute atomic E-state index is 0.0266. The predicted octanol–water partition coefficient (Wildman–Crippen LogP) is 2.39. The molecule has 0 aliphatic carbocycles. The van der Waals surface area contributed by atoms with Gasteiger partial charge in [0.1, 0.15) is 5.76 Å². The first-order valence-electron chi connectivity index (χ1n) is 7.32. The molecule has 1 atom stereocenters. The molecule has 0 unspecified atom stereocenters. The zero-order chi connectivity index (χ0) is 14.7. The summed E-state index contributed by atoms with van der Waals surface area (Å²) in [7, 11) is 0. The van der Waals surface area contributed by atoms with E-state index in [1.165, 1.54) is 0 Å². The number of pyridine rings is 1. The molecule has 1 fully saturated rings. The number of hydrogen-bond acceptors (Lipinski definition) is 4. The lowest BCUT2D eigenvalue weighted by molar-refractivity contribution is 0.120. The second kappa shape index (κ2) is 6.18. The van der Waals surface area contributed by atoms with Crippen LogP contribution >= 0.6 is 0 Å². The summed E-state index contributed by atoms with van der Waals surface area (Å²) >= 11 is 0. The number of nitrogens with zero attached hydrogens (tertiary/aromatic N) is 1. The second-order valence-corrected chi connectivity index (χ2v) is 5.41. The van der Waals surface area contributed by atoms with Crippen LogP contribution in [0.1, 0.15) is 24.3 Å². The summed E-state index contributed by atoms with van der Waals surface area (Å²) in [5.74, 6) is 0.778. The number of aromatic nitrogens is 1. The Morgan fingerprint density at radius 2 is 2.33 bits per heavy atom. The van der Waals surface area contributed by atoms with Crippen LogP contribution in [0.3, 0.4) is 0 Å². The smallest absolute Gasteiger partial charge is 0.253 e. The van der Waals surface area contributed by atoms with Crippen LogP contribution in [0, 0.1) is 6.92 Å². The standard InChI is InChI=1S/C16H20N2O3/c1-12-8-13(17-10-14-4-2-6-20-14)9-16(19)18(12)11-15-5-3-7-21-15/h3,5,7-9,14,17H,2,4,6,10-11H2,1H3/t14-/m1/s1. The van der Waals surface area contributed by atoms with Gasteiger partial charge in [-0.3, -0.25) is 4.79 Å². The maximum atomic E-state index is 12.2. The second-order valence-electron chi connectivity index (χ2n) is 5.41. The number of aryl methyl sites for hydroxylation is 1. The van der Waals surface area contributed by atoms with Gasteiger partial charge in [-0.15, -0.1) is 0 Å². The van der Waals surface area contributed by atoms with Crippen LogP contribution in [-0.4, -0.2) is 23.8 Å². The van der Waals surface area contributed by atoms with Crippen molar-refractivity contribution < 1.29 is 9.15 Å². The Hall–Kier alpha value is -2.01. The van der Waals surface area contributed by atoms with Gasteiger partial charge in [-0.1, -0.05) is 0 Å². The Morgan fingerprint density at radius 1 is 1.43 bits per heavy atom. The third-order valence-electron chi connectivity index (χ3n) is 3.79. The van der Waals surface area contributed by atoms with Gasteiger partial charge in [-0.2, -0.15) is 0 Å². The molecule has 2 aromatic heterocycles. The number of hydrogen-bond donors (Lipinski definition) is 1. The van der Waals surface area contributed by atoms with Crippen molar-refractivity contribution in [2.24, 2.45) is 0 Å². The van der Waals surface area contributed by atoms with Crippen LogP contribution in [0.4, 0.5) is 5.69 Å². The lowest BCUT2D eigenvalue weighted by Gasteiger charge is -2.14. The van der Waals surface area contributed by atoms with Gasteiger partial charge in [0.25, 0.3) is 5.56 Å². The highest BCUT2D eigenvalue weighted by Gasteiger charge is 2.15. The molecule has 1 aliphatic rings. The Labute approximate surface area is 123 Å². The Kier molecular flexibility index (Phi) is 4.10. The summed E-state index contributed by atoms with van der Waals surface area (Å²) in [6.45, 7) is 3.99. The van der Waals surface area contributed by atoms with E-state index in [-0.39, 0.29) is 11.7 Å². The van der Waals surface area contributed by atoms with E-state index in [4.69, 9.17) is 9.15 Å². The highest BCUT2D eigenvalue weighted by Crippen LogP contribution is 2.14. The van der Waals surface area contributed by atoms with Gasteiger partial charge in [0, 0.05) is 30.6 Å². The van der Waals surface area contributed by atoms with Crippen LogP contribution in [0.25, 0.3) is 0 Å². The molecule has 21 heavy (non-hydrogen) atoms. The van der Waals surface area contributed by atoms with E-state index in [1.54, 1.807) is 16.9 Å². The van der Waals surface area contributed by atoms with Crippen molar-refractivity contribution >= 4 is 5.69 Å². The number of furan rings is 1. The molecular weight excluding hydrogens is 268 g/mol. The summed E-state index contributed by atoms with van der Waals surface area (Å²) in [6.07, 6.45) is 4.08. The zero-order valence-corrected chi connectivity index (χ0v) is 12.2. The van der Waals surface area contributed by atoms with E-state index in [1.807, 2.05) is 25.1 Å². The van der Waals surface area contributed by atoms with Crippen molar-refractivity contribution in [2.45, 2.75) is 32.4 Å². The van der Waals surface area contributed by atoms with E-state index in [2.05, 4.69) is 5.32 Å². The van der Waals surface area contributed by atoms with Crippen molar-refractivity contribution in [3.8, 4) is 0 Å². The summed E-state index contributed by atoms with van der Waals surface area (Å²) in [5.41, 5.74) is 1.73. The molecule has 112 valence electrons. The number of rotatable bonds is 5. The third-order valence-corrected chi connectivity index (χ3v) is 3.79. The molecule has 0 saturated carbocycles. The summed E-state index contributed by atoms with van der Waals surface area (Å²) in [5, 5.41) is 3.29. The van der Waals surface area contributed by atoms with Gasteiger partial charge < -0.3 is 19.0 Å². The highest BCUT2D eigenvalue weighted by atomic mass is 16.5. The molecule has 3 rings (SSSR count). The van der Waals surface area contributed by atoms with Crippen LogP contribution in [-0.2, 0) is 11.3 Å². The molecule has 3 heterocycles. The topological polar surface area (TPSA) is 56.4 Å². The molecule has 5 nitrogen and oxygen atoms in total. The van der Waals surface area contributed by atoms with Crippen molar-refractivity contribution in [1.82, 2.24) is 4.57 Å². The molecule has 0 radical (unpaired) electrons. The van der Waals surface area contributed by atoms with Crippen molar-refractivity contribution in [2.75, 3.05) is 18.5 Å². The van der Waals surface area contributed by atoms with Crippen LogP contribution in [0.5, 0.6) is 0 Å². The molecule has 0 spiro atoms. The number of nitrogens with one attached hydrogen (secondary N) is 1. The van der Waals surface area contributed by atoms with Crippen LogP contribution in [0.15, 0.2) is 39.7 Å². The molecule has 0 amide bonds. The Morgan fingerprint density at radius 3 is 3.00 bits per heavy atom. The van der Waals surface area contributed by atoms with Crippen molar-refractivity contribution in [1.29, 1.82) is 0 Å². The van der Waals surface area contributed by atoms with E-state index in [0.29, 0.717) is 6.54 Å². The fourth-order valence-corrected chi connectivity index (χ4v) is 2.63. The summed E-state index contributed by atoms with van der Waals surface area (Å²) < 4.78 is 12.6. The first-order chi connectivity index (χ1) is 10.2. The largest absolute Gasteiger partial charge is 0.467 e.